The first kappa shape index (κ1) is 16.4. The Kier molecular flexibility index (Phi) is 5.37. The number of amides is 1. The smallest absolute Gasteiger partial charge is 0.234 e. The normalized spacial score (nSPS) is 16.5. The molecule has 0 bridgehead atoms. The summed E-state index contributed by atoms with van der Waals surface area (Å²) >= 11 is 0. The van der Waals surface area contributed by atoms with Crippen molar-refractivity contribution in [2.45, 2.75) is 25.4 Å². The van der Waals surface area contributed by atoms with Crippen molar-refractivity contribution in [2.24, 2.45) is 0 Å². The number of benzene rings is 1. The molecule has 1 aliphatic rings. The summed E-state index contributed by atoms with van der Waals surface area (Å²) in [5, 5.41) is 10.1. The molecule has 1 amide bonds. The number of nitrogens with one attached hydrogen (secondary N) is 2. The molecule has 2 aromatic rings. The van der Waals surface area contributed by atoms with Crippen molar-refractivity contribution in [1.29, 1.82) is 0 Å². The molecule has 1 aromatic carbocycles. The molecule has 0 saturated heterocycles. The van der Waals surface area contributed by atoms with Gasteiger partial charge in [-0.25, -0.2) is 14.1 Å². The molecule has 0 saturated carbocycles. The second-order valence-electron chi connectivity index (χ2n) is 5.63. The number of hydrogen-bond acceptors (Lipinski definition) is 5. The van der Waals surface area contributed by atoms with Gasteiger partial charge in [-0.2, -0.15) is 5.10 Å². The first-order valence-electron chi connectivity index (χ1n) is 7.96. The monoisotopic (exact) mass is 333 g/mol. The van der Waals surface area contributed by atoms with Crippen LogP contribution in [0.4, 0.5) is 4.39 Å². The highest BCUT2D eigenvalue weighted by atomic mass is 19.1. The number of nitrogens with zero attached hydrogens (tertiary/aromatic N) is 3. The van der Waals surface area contributed by atoms with E-state index in [2.05, 4.69) is 20.7 Å². The fraction of sp³-hybridized carbons (Fsp3) is 0.438. The van der Waals surface area contributed by atoms with Gasteiger partial charge in [-0.1, -0.05) is 6.07 Å². The van der Waals surface area contributed by atoms with Gasteiger partial charge in [0.1, 0.15) is 30.3 Å². The molecule has 7 nitrogen and oxygen atoms in total. The summed E-state index contributed by atoms with van der Waals surface area (Å²) in [6.07, 6.45) is 3.36. The lowest BCUT2D eigenvalue weighted by atomic mass is 10.1. The van der Waals surface area contributed by atoms with E-state index in [-0.39, 0.29) is 24.3 Å². The first-order chi connectivity index (χ1) is 11.7. The Bertz CT molecular complexity index is 691. The van der Waals surface area contributed by atoms with E-state index in [1.54, 1.807) is 18.5 Å². The van der Waals surface area contributed by atoms with Gasteiger partial charge >= 0.3 is 0 Å². The van der Waals surface area contributed by atoms with Crippen molar-refractivity contribution in [3.05, 3.63) is 42.2 Å². The Morgan fingerprint density at radius 2 is 2.38 bits per heavy atom. The summed E-state index contributed by atoms with van der Waals surface area (Å²) in [4.78, 5) is 16.0. The Hall–Kier alpha value is -2.48. The number of aromatic nitrogens is 3. The van der Waals surface area contributed by atoms with Crippen LogP contribution in [0.3, 0.4) is 0 Å². The third kappa shape index (κ3) is 4.51. The van der Waals surface area contributed by atoms with Crippen molar-refractivity contribution in [2.75, 3.05) is 19.7 Å². The predicted octanol–water partition coefficient (Wildman–Crippen LogP) is 0.517. The molecule has 8 heteroatoms. The third-order valence-electron chi connectivity index (χ3n) is 3.85. The molecule has 1 aromatic heterocycles. The number of halogens is 1. The minimum atomic E-state index is -0.344. The van der Waals surface area contributed by atoms with Crippen LogP contribution in [0, 0.1) is 5.82 Å². The van der Waals surface area contributed by atoms with E-state index in [9.17, 15) is 9.18 Å². The summed E-state index contributed by atoms with van der Waals surface area (Å²) in [7, 11) is 0. The fourth-order valence-electron chi connectivity index (χ4n) is 2.62. The molecule has 2 N–H and O–H groups in total. The second kappa shape index (κ2) is 7.87. The molecule has 1 atom stereocenters. The maximum absolute atomic E-state index is 13.0. The average Bonchev–Trinajstić information content (AvgIpc) is 3.05. The zero-order chi connectivity index (χ0) is 16.8. The number of hydrogen-bond donors (Lipinski definition) is 2. The van der Waals surface area contributed by atoms with Gasteiger partial charge in [0.25, 0.3) is 0 Å². The van der Waals surface area contributed by atoms with Gasteiger partial charge in [-0.05, 0) is 18.6 Å². The molecule has 0 radical (unpaired) electrons. The summed E-state index contributed by atoms with van der Waals surface area (Å²) in [6.45, 7) is 1.63. The third-order valence-corrected chi connectivity index (χ3v) is 3.85. The van der Waals surface area contributed by atoms with Crippen molar-refractivity contribution in [3.8, 4) is 5.75 Å². The van der Waals surface area contributed by atoms with Crippen molar-refractivity contribution in [1.82, 2.24) is 25.4 Å². The molecule has 1 aliphatic heterocycles. The van der Waals surface area contributed by atoms with E-state index in [0.717, 1.165) is 25.2 Å². The lowest BCUT2D eigenvalue weighted by molar-refractivity contribution is -0.120. The average molecular weight is 333 g/mol. The van der Waals surface area contributed by atoms with Gasteiger partial charge < -0.3 is 15.4 Å². The molecular weight excluding hydrogens is 313 g/mol. The Morgan fingerprint density at radius 3 is 3.25 bits per heavy atom. The SMILES string of the molecule is O=C(CNC1CCc2ncnn2C1)NCCOc1cccc(F)c1. The molecule has 0 aliphatic carbocycles. The van der Waals surface area contributed by atoms with E-state index < -0.39 is 0 Å². The van der Waals surface area contributed by atoms with Gasteiger partial charge in [0.05, 0.1) is 19.6 Å². The van der Waals surface area contributed by atoms with Crippen molar-refractivity contribution < 1.29 is 13.9 Å². The Balaban J connectivity index is 1.30. The summed E-state index contributed by atoms with van der Waals surface area (Å²) in [6, 6.07) is 6.14. The first-order valence-corrected chi connectivity index (χ1v) is 7.96. The number of aryl methyl sites for hydroxylation is 1. The van der Waals surface area contributed by atoms with Gasteiger partial charge in [-0.15, -0.1) is 0 Å². The molecule has 128 valence electrons. The summed E-state index contributed by atoms with van der Waals surface area (Å²) < 4.78 is 20.2. The van der Waals surface area contributed by atoms with Crippen LogP contribution in [0.1, 0.15) is 12.2 Å². The summed E-state index contributed by atoms with van der Waals surface area (Å²) in [5.74, 6) is 1.01. The van der Waals surface area contributed by atoms with Gasteiger partial charge in [-0.3, -0.25) is 4.79 Å². The number of ether oxygens (including phenoxy) is 1. The zero-order valence-corrected chi connectivity index (χ0v) is 13.2. The predicted molar refractivity (Wildman–Crippen MR) is 85.0 cm³/mol. The standard InChI is InChI=1S/C16H20FN5O2/c17-12-2-1-3-14(8-12)24-7-6-18-16(23)9-19-13-4-5-15-20-11-21-22(15)10-13/h1-3,8,11,13,19H,4-7,9-10H2,(H,18,23). The second-order valence-corrected chi connectivity index (χ2v) is 5.63. The highest BCUT2D eigenvalue weighted by Crippen LogP contribution is 2.12. The molecule has 2 heterocycles. The highest BCUT2D eigenvalue weighted by Gasteiger charge is 2.19. The number of rotatable bonds is 7. The van der Waals surface area contributed by atoms with Gasteiger partial charge in [0.2, 0.25) is 5.91 Å². The van der Waals surface area contributed by atoms with Crippen LogP contribution >= 0.6 is 0 Å². The minimum absolute atomic E-state index is 0.0952. The summed E-state index contributed by atoms with van der Waals surface area (Å²) in [5.41, 5.74) is 0. The topological polar surface area (TPSA) is 81.1 Å². The van der Waals surface area contributed by atoms with Crippen LogP contribution in [0.5, 0.6) is 5.75 Å². The minimum Gasteiger partial charge on any atom is -0.492 e. The van der Waals surface area contributed by atoms with Crippen LogP contribution in [0.2, 0.25) is 0 Å². The lowest BCUT2D eigenvalue weighted by Crippen LogP contribution is -2.44. The van der Waals surface area contributed by atoms with Crippen LogP contribution in [-0.4, -0.2) is 46.4 Å². The van der Waals surface area contributed by atoms with E-state index >= 15 is 0 Å². The quantitative estimate of drug-likeness (QED) is 0.722. The highest BCUT2D eigenvalue weighted by molar-refractivity contribution is 5.77. The molecule has 24 heavy (non-hydrogen) atoms. The van der Waals surface area contributed by atoms with Crippen molar-refractivity contribution in [3.63, 3.8) is 0 Å². The van der Waals surface area contributed by atoms with Crippen LogP contribution < -0.4 is 15.4 Å². The maximum atomic E-state index is 13.0. The molecule has 0 spiro atoms. The van der Waals surface area contributed by atoms with Gasteiger partial charge in [0.15, 0.2) is 0 Å². The van der Waals surface area contributed by atoms with Crippen LogP contribution in [0.15, 0.2) is 30.6 Å². The number of fused-ring (bicyclic) bond motifs is 1. The number of carbonyl (C=O) groups is 1. The van der Waals surface area contributed by atoms with E-state index in [1.807, 2.05) is 4.68 Å². The van der Waals surface area contributed by atoms with E-state index in [0.29, 0.717) is 18.9 Å². The molecule has 0 fully saturated rings. The molecule has 3 rings (SSSR count). The van der Waals surface area contributed by atoms with Crippen molar-refractivity contribution >= 4 is 5.91 Å². The maximum Gasteiger partial charge on any atom is 0.234 e. The Labute approximate surface area is 139 Å². The largest absolute Gasteiger partial charge is 0.492 e. The van der Waals surface area contributed by atoms with E-state index in [4.69, 9.17) is 4.74 Å². The van der Waals surface area contributed by atoms with Crippen LogP contribution in [0.25, 0.3) is 0 Å². The molecule has 1 unspecified atom stereocenters. The van der Waals surface area contributed by atoms with Gasteiger partial charge in [0, 0.05) is 18.5 Å². The Morgan fingerprint density at radius 1 is 1.46 bits per heavy atom. The lowest BCUT2D eigenvalue weighted by Gasteiger charge is -2.23. The number of carbonyl (C=O) groups excluding carboxylic acids is 1. The fourth-order valence-corrected chi connectivity index (χ4v) is 2.62. The van der Waals surface area contributed by atoms with Crippen LogP contribution in [-0.2, 0) is 17.8 Å². The zero-order valence-electron chi connectivity index (χ0n) is 13.2. The van der Waals surface area contributed by atoms with E-state index in [1.165, 1.54) is 12.1 Å². The molecular formula is C16H20FN5O2.